The zero-order valence-corrected chi connectivity index (χ0v) is 12.1. The third-order valence-electron chi connectivity index (χ3n) is 3.15. The van der Waals surface area contributed by atoms with E-state index in [1.807, 2.05) is 13.0 Å². The predicted octanol–water partition coefficient (Wildman–Crippen LogP) is 2.02. The fourth-order valence-corrected chi connectivity index (χ4v) is 4.40. The maximum Gasteiger partial charge on any atom is 0.250 e. The molecule has 1 aromatic rings. The molecule has 6 heteroatoms. The summed E-state index contributed by atoms with van der Waals surface area (Å²) in [7, 11) is -3.32. The Morgan fingerprint density at radius 2 is 2.11 bits per heavy atom. The number of sulfonamides is 1. The largest absolute Gasteiger partial charge is 0.381 e. The Balaban J connectivity index is 1.94. The van der Waals surface area contributed by atoms with Crippen LogP contribution in [0.4, 0.5) is 0 Å². The van der Waals surface area contributed by atoms with Crippen LogP contribution >= 0.6 is 11.3 Å². The molecule has 2 heterocycles. The summed E-state index contributed by atoms with van der Waals surface area (Å²) in [6.07, 6.45) is 2.75. The predicted molar refractivity (Wildman–Crippen MR) is 72.4 cm³/mol. The smallest absolute Gasteiger partial charge is 0.250 e. The molecule has 1 aliphatic heterocycles. The highest BCUT2D eigenvalue weighted by molar-refractivity contribution is 7.91. The number of aryl methyl sites for hydroxylation is 1. The van der Waals surface area contributed by atoms with Gasteiger partial charge in [-0.05, 0) is 37.3 Å². The summed E-state index contributed by atoms with van der Waals surface area (Å²) in [6.45, 7) is 4.03. The Bertz CT molecular complexity index is 475. The van der Waals surface area contributed by atoms with Gasteiger partial charge in [0.05, 0.1) is 0 Å². The summed E-state index contributed by atoms with van der Waals surface area (Å²) >= 11 is 1.35. The monoisotopic (exact) mass is 289 g/mol. The summed E-state index contributed by atoms with van der Waals surface area (Å²) in [5.41, 5.74) is 0. The molecule has 1 saturated heterocycles. The number of hydrogen-bond donors (Lipinski definition) is 1. The zero-order chi connectivity index (χ0) is 13.0. The summed E-state index contributed by atoms with van der Waals surface area (Å²) in [4.78, 5) is 1.10. The van der Waals surface area contributed by atoms with Crippen LogP contribution in [-0.2, 0) is 21.2 Å². The summed E-state index contributed by atoms with van der Waals surface area (Å²) in [6, 6.07) is 3.57. The normalized spacial score (nSPS) is 18.1. The molecule has 0 unspecified atom stereocenters. The molecule has 1 aliphatic rings. The lowest BCUT2D eigenvalue weighted by Crippen LogP contribution is -2.31. The lowest BCUT2D eigenvalue weighted by atomic mass is 10.0. The van der Waals surface area contributed by atoms with Gasteiger partial charge in [-0.25, -0.2) is 13.1 Å². The van der Waals surface area contributed by atoms with Gasteiger partial charge in [0.25, 0.3) is 0 Å². The lowest BCUT2D eigenvalue weighted by molar-refractivity contribution is 0.0678. The minimum absolute atomic E-state index is 0.402. The van der Waals surface area contributed by atoms with Crippen molar-refractivity contribution in [2.24, 2.45) is 5.92 Å². The second kappa shape index (κ2) is 6.14. The van der Waals surface area contributed by atoms with Crippen molar-refractivity contribution in [3.8, 4) is 0 Å². The van der Waals surface area contributed by atoms with Crippen molar-refractivity contribution in [3.05, 3.63) is 17.0 Å². The average Bonchev–Trinajstić information content (AvgIpc) is 2.87. The Labute approximate surface area is 112 Å². The number of ether oxygens (including phenoxy) is 1. The van der Waals surface area contributed by atoms with Crippen molar-refractivity contribution in [1.82, 2.24) is 4.72 Å². The molecule has 0 aromatic carbocycles. The molecular weight excluding hydrogens is 270 g/mol. The fraction of sp³-hybridized carbons (Fsp3) is 0.667. The maximum absolute atomic E-state index is 12.1. The number of nitrogens with one attached hydrogen (secondary N) is 1. The molecule has 1 aromatic heterocycles. The van der Waals surface area contributed by atoms with Gasteiger partial charge in [0.15, 0.2) is 0 Å². The molecule has 0 amide bonds. The van der Waals surface area contributed by atoms with Gasteiger partial charge in [-0.2, -0.15) is 0 Å². The summed E-state index contributed by atoms with van der Waals surface area (Å²) in [5, 5.41) is 0. The Kier molecular flexibility index (Phi) is 4.77. The van der Waals surface area contributed by atoms with E-state index in [1.54, 1.807) is 6.07 Å². The quantitative estimate of drug-likeness (QED) is 0.902. The van der Waals surface area contributed by atoms with Gasteiger partial charge in [0.2, 0.25) is 10.0 Å². The second-order valence-corrected chi connectivity index (χ2v) is 7.64. The van der Waals surface area contributed by atoms with Crippen LogP contribution in [0.25, 0.3) is 0 Å². The molecule has 1 N–H and O–H groups in total. The van der Waals surface area contributed by atoms with Gasteiger partial charge in [0.1, 0.15) is 4.21 Å². The van der Waals surface area contributed by atoms with Crippen LogP contribution in [0.2, 0.25) is 0 Å². The third-order valence-corrected chi connectivity index (χ3v) is 6.30. The average molecular weight is 289 g/mol. The fourth-order valence-electron chi connectivity index (χ4n) is 1.94. The van der Waals surface area contributed by atoms with Crippen LogP contribution in [-0.4, -0.2) is 28.2 Å². The second-order valence-electron chi connectivity index (χ2n) is 4.48. The van der Waals surface area contributed by atoms with E-state index in [0.717, 1.165) is 37.4 Å². The van der Waals surface area contributed by atoms with Crippen molar-refractivity contribution in [1.29, 1.82) is 0 Å². The lowest BCUT2D eigenvalue weighted by Gasteiger charge is -2.21. The third kappa shape index (κ3) is 3.54. The standard InChI is InChI=1S/C12H19NO3S2/c1-2-11-3-4-12(17-11)18(14,15)13-9-10-5-7-16-8-6-10/h3-4,10,13H,2,5-9H2,1H3. The van der Waals surface area contributed by atoms with Crippen LogP contribution in [0.3, 0.4) is 0 Å². The van der Waals surface area contributed by atoms with E-state index in [4.69, 9.17) is 4.74 Å². The molecule has 2 rings (SSSR count). The van der Waals surface area contributed by atoms with Crippen LogP contribution < -0.4 is 4.72 Å². The molecule has 0 spiro atoms. The molecule has 0 radical (unpaired) electrons. The first-order valence-electron chi connectivity index (χ1n) is 6.28. The van der Waals surface area contributed by atoms with Crippen molar-refractivity contribution >= 4 is 21.4 Å². The highest BCUT2D eigenvalue weighted by atomic mass is 32.2. The first-order chi connectivity index (χ1) is 8.62. The first kappa shape index (κ1) is 14.0. The van der Waals surface area contributed by atoms with Crippen molar-refractivity contribution in [2.75, 3.05) is 19.8 Å². The van der Waals surface area contributed by atoms with Gasteiger partial charge in [0, 0.05) is 24.6 Å². The van der Waals surface area contributed by atoms with Crippen LogP contribution in [0.15, 0.2) is 16.3 Å². The SMILES string of the molecule is CCc1ccc(S(=O)(=O)NCC2CCOCC2)s1. The van der Waals surface area contributed by atoms with E-state index >= 15 is 0 Å². The van der Waals surface area contributed by atoms with E-state index in [9.17, 15) is 8.42 Å². The van der Waals surface area contributed by atoms with E-state index in [-0.39, 0.29) is 0 Å². The Hall–Kier alpha value is -0.430. The summed E-state index contributed by atoms with van der Waals surface area (Å²) in [5.74, 6) is 0.402. The van der Waals surface area contributed by atoms with Crippen molar-refractivity contribution in [3.63, 3.8) is 0 Å². The number of thiophene rings is 1. The maximum atomic E-state index is 12.1. The van der Waals surface area contributed by atoms with E-state index in [2.05, 4.69) is 4.72 Å². The molecule has 0 saturated carbocycles. The topological polar surface area (TPSA) is 55.4 Å². The van der Waals surface area contributed by atoms with Gasteiger partial charge in [-0.3, -0.25) is 0 Å². The van der Waals surface area contributed by atoms with Gasteiger partial charge >= 0.3 is 0 Å². The molecule has 1 fully saturated rings. The summed E-state index contributed by atoms with van der Waals surface area (Å²) < 4.78 is 32.5. The minimum atomic E-state index is -3.32. The van der Waals surface area contributed by atoms with Crippen molar-refractivity contribution in [2.45, 2.75) is 30.4 Å². The van der Waals surface area contributed by atoms with Crippen LogP contribution in [0.5, 0.6) is 0 Å². The molecular formula is C12H19NO3S2. The van der Waals surface area contributed by atoms with Gasteiger partial charge in [-0.15, -0.1) is 11.3 Å². The highest BCUT2D eigenvalue weighted by Crippen LogP contribution is 2.22. The van der Waals surface area contributed by atoms with Crippen LogP contribution in [0, 0.1) is 5.92 Å². The van der Waals surface area contributed by atoms with Gasteiger partial charge in [-0.1, -0.05) is 6.92 Å². The van der Waals surface area contributed by atoms with Crippen LogP contribution in [0.1, 0.15) is 24.6 Å². The Morgan fingerprint density at radius 3 is 2.72 bits per heavy atom. The minimum Gasteiger partial charge on any atom is -0.381 e. The number of rotatable bonds is 5. The number of hydrogen-bond acceptors (Lipinski definition) is 4. The molecule has 102 valence electrons. The highest BCUT2D eigenvalue weighted by Gasteiger charge is 2.20. The molecule has 18 heavy (non-hydrogen) atoms. The molecule has 0 bridgehead atoms. The zero-order valence-electron chi connectivity index (χ0n) is 10.5. The van der Waals surface area contributed by atoms with E-state index in [0.29, 0.717) is 16.7 Å². The van der Waals surface area contributed by atoms with E-state index < -0.39 is 10.0 Å². The van der Waals surface area contributed by atoms with Crippen molar-refractivity contribution < 1.29 is 13.2 Å². The van der Waals surface area contributed by atoms with Gasteiger partial charge < -0.3 is 4.74 Å². The first-order valence-corrected chi connectivity index (χ1v) is 8.58. The Morgan fingerprint density at radius 1 is 1.39 bits per heavy atom. The van der Waals surface area contributed by atoms with E-state index in [1.165, 1.54) is 11.3 Å². The molecule has 0 atom stereocenters. The molecule has 4 nitrogen and oxygen atoms in total. The molecule has 0 aliphatic carbocycles.